The lowest BCUT2D eigenvalue weighted by molar-refractivity contribution is 0.127. The number of rotatable bonds is 6. The Hall–Kier alpha value is -0.640. The van der Waals surface area contributed by atoms with E-state index in [9.17, 15) is 4.39 Å². The minimum Gasteiger partial charge on any atom is -0.380 e. The lowest BCUT2D eigenvalue weighted by atomic mass is 10.2. The molecular formula is C12H17ClFNO. The van der Waals surface area contributed by atoms with Gasteiger partial charge in [-0.05, 0) is 26.0 Å². The summed E-state index contributed by atoms with van der Waals surface area (Å²) in [4.78, 5) is 0. The van der Waals surface area contributed by atoms with E-state index in [1.807, 2.05) is 13.8 Å². The van der Waals surface area contributed by atoms with Gasteiger partial charge in [0.25, 0.3) is 0 Å². The minimum atomic E-state index is -0.274. The van der Waals surface area contributed by atoms with Crippen LogP contribution in [0.25, 0.3) is 0 Å². The number of ether oxygens (including phenoxy) is 1. The van der Waals surface area contributed by atoms with Gasteiger partial charge in [0.1, 0.15) is 5.82 Å². The first kappa shape index (κ1) is 13.4. The van der Waals surface area contributed by atoms with Crippen molar-refractivity contribution in [1.82, 2.24) is 5.32 Å². The predicted octanol–water partition coefficient (Wildman–Crippen LogP) is 2.99. The molecule has 0 aromatic heterocycles. The fourth-order valence-corrected chi connectivity index (χ4v) is 1.46. The van der Waals surface area contributed by atoms with Crippen molar-refractivity contribution in [1.29, 1.82) is 0 Å². The topological polar surface area (TPSA) is 21.3 Å². The average molecular weight is 246 g/mol. The summed E-state index contributed by atoms with van der Waals surface area (Å²) in [5, 5.41) is 3.61. The summed E-state index contributed by atoms with van der Waals surface area (Å²) in [6.45, 7) is 5.76. The summed E-state index contributed by atoms with van der Waals surface area (Å²) in [5.74, 6) is -0.274. The van der Waals surface area contributed by atoms with Crippen molar-refractivity contribution < 1.29 is 9.13 Å². The lowest BCUT2D eigenvalue weighted by Gasteiger charge is -2.13. The zero-order valence-electron chi connectivity index (χ0n) is 9.59. The molecule has 1 aromatic rings. The third-order valence-electron chi connectivity index (χ3n) is 2.23. The average Bonchev–Trinajstić information content (AvgIpc) is 2.25. The molecule has 0 saturated heterocycles. The second-order valence-corrected chi connectivity index (χ2v) is 4.11. The molecule has 1 aromatic carbocycles. The van der Waals surface area contributed by atoms with Gasteiger partial charge in [-0.25, -0.2) is 4.39 Å². The summed E-state index contributed by atoms with van der Waals surface area (Å²) in [7, 11) is 0. The molecule has 0 aliphatic heterocycles. The third-order valence-corrected chi connectivity index (χ3v) is 2.46. The van der Waals surface area contributed by atoms with Crippen LogP contribution >= 0.6 is 11.6 Å². The minimum absolute atomic E-state index is 0.204. The molecule has 1 N–H and O–H groups in total. The van der Waals surface area contributed by atoms with Crippen molar-refractivity contribution in [3.63, 3.8) is 0 Å². The molecule has 4 heteroatoms. The Labute approximate surface area is 101 Å². The van der Waals surface area contributed by atoms with E-state index >= 15 is 0 Å². The van der Waals surface area contributed by atoms with Crippen LogP contribution < -0.4 is 5.32 Å². The van der Waals surface area contributed by atoms with Crippen molar-refractivity contribution in [3.8, 4) is 0 Å². The van der Waals surface area contributed by atoms with Gasteiger partial charge in [-0.3, -0.25) is 0 Å². The number of nitrogens with one attached hydrogen (secondary N) is 1. The Kier molecular flexibility index (Phi) is 5.74. The Morgan fingerprint density at radius 2 is 2.25 bits per heavy atom. The third kappa shape index (κ3) is 4.47. The molecular weight excluding hydrogens is 229 g/mol. The Morgan fingerprint density at radius 1 is 1.50 bits per heavy atom. The SMILES string of the molecule is CCOCC(C)NCc1ccc(Cl)cc1F. The fraction of sp³-hybridized carbons (Fsp3) is 0.500. The molecule has 90 valence electrons. The highest BCUT2D eigenvalue weighted by Gasteiger charge is 2.05. The van der Waals surface area contributed by atoms with Crippen molar-refractivity contribution in [2.24, 2.45) is 0 Å². The maximum Gasteiger partial charge on any atom is 0.129 e. The highest BCUT2D eigenvalue weighted by atomic mass is 35.5. The van der Waals surface area contributed by atoms with Crippen molar-refractivity contribution in [3.05, 3.63) is 34.6 Å². The van der Waals surface area contributed by atoms with E-state index in [1.54, 1.807) is 12.1 Å². The highest BCUT2D eigenvalue weighted by Crippen LogP contribution is 2.14. The molecule has 1 rings (SSSR count). The van der Waals surface area contributed by atoms with Gasteiger partial charge in [0.2, 0.25) is 0 Å². The summed E-state index contributed by atoms with van der Waals surface area (Å²) in [5.41, 5.74) is 0.618. The van der Waals surface area contributed by atoms with Crippen LogP contribution in [0.2, 0.25) is 5.02 Å². The van der Waals surface area contributed by atoms with Crippen LogP contribution in [0.4, 0.5) is 4.39 Å². The van der Waals surface area contributed by atoms with E-state index in [0.29, 0.717) is 30.3 Å². The van der Waals surface area contributed by atoms with Crippen molar-refractivity contribution in [2.45, 2.75) is 26.4 Å². The predicted molar refractivity (Wildman–Crippen MR) is 64.2 cm³/mol. The zero-order chi connectivity index (χ0) is 12.0. The maximum atomic E-state index is 13.4. The normalized spacial score (nSPS) is 12.8. The molecule has 0 radical (unpaired) electrons. The first-order valence-electron chi connectivity index (χ1n) is 5.38. The van der Waals surface area contributed by atoms with Crippen LogP contribution in [0.5, 0.6) is 0 Å². The van der Waals surface area contributed by atoms with Crippen LogP contribution in [0.3, 0.4) is 0 Å². The molecule has 0 heterocycles. The molecule has 0 aliphatic carbocycles. The summed E-state index contributed by atoms with van der Waals surface area (Å²) in [6, 6.07) is 4.91. The molecule has 2 nitrogen and oxygen atoms in total. The molecule has 1 atom stereocenters. The Morgan fingerprint density at radius 3 is 2.88 bits per heavy atom. The second-order valence-electron chi connectivity index (χ2n) is 3.68. The highest BCUT2D eigenvalue weighted by molar-refractivity contribution is 6.30. The van der Waals surface area contributed by atoms with E-state index in [2.05, 4.69) is 5.32 Å². The zero-order valence-corrected chi connectivity index (χ0v) is 10.4. The molecule has 0 aliphatic rings. The molecule has 0 saturated carbocycles. The van der Waals surface area contributed by atoms with Gasteiger partial charge >= 0.3 is 0 Å². The van der Waals surface area contributed by atoms with E-state index in [4.69, 9.17) is 16.3 Å². The largest absolute Gasteiger partial charge is 0.380 e. The van der Waals surface area contributed by atoms with E-state index < -0.39 is 0 Å². The molecule has 0 fully saturated rings. The number of halogens is 2. The van der Waals surface area contributed by atoms with Crippen LogP contribution in [0, 0.1) is 5.82 Å². The van der Waals surface area contributed by atoms with Gasteiger partial charge in [0.05, 0.1) is 6.61 Å². The maximum absolute atomic E-state index is 13.4. The van der Waals surface area contributed by atoms with E-state index in [0.717, 1.165) is 0 Å². The van der Waals surface area contributed by atoms with Crippen molar-refractivity contribution >= 4 is 11.6 Å². The van der Waals surface area contributed by atoms with Gasteiger partial charge < -0.3 is 10.1 Å². The molecule has 1 unspecified atom stereocenters. The quantitative estimate of drug-likeness (QED) is 0.832. The van der Waals surface area contributed by atoms with Crippen molar-refractivity contribution in [2.75, 3.05) is 13.2 Å². The summed E-state index contributed by atoms with van der Waals surface area (Å²) >= 11 is 5.67. The Bertz CT molecular complexity index is 333. The lowest BCUT2D eigenvalue weighted by Crippen LogP contribution is -2.30. The molecule has 0 spiro atoms. The fourth-order valence-electron chi connectivity index (χ4n) is 1.30. The summed E-state index contributed by atoms with van der Waals surface area (Å²) in [6.07, 6.45) is 0. The first-order chi connectivity index (χ1) is 7.63. The molecule has 0 amide bonds. The molecule has 16 heavy (non-hydrogen) atoms. The van der Waals surface area contributed by atoms with E-state index in [1.165, 1.54) is 6.07 Å². The monoisotopic (exact) mass is 245 g/mol. The van der Waals surface area contributed by atoms with Gasteiger partial charge in [-0.15, -0.1) is 0 Å². The van der Waals surface area contributed by atoms with Crippen LogP contribution in [-0.4, -0.2) is 19.3 Å². The van der Waals surface area contributed by atoms with Gasteiger partial charge in [0, 0.05) is 29.8 Å². The smallest absolute Gasteiger partial charge is 0.129 e. The standard InChI is InChI=1S/C12H17ClFNO/c1-3-16-8-9(2)15-7-10-4-5-11(13)6-12(10)14/h4-6,9,15H,3,7-8H2,1-2H3. The van der Waals surface area contributed by atoms with Gasteiger partial charge in [-0.1, -0.05) is 17.7 Å². The number of benzene rings is 1. The van der Waals surface area contributed by atoms with Gasteiger partial charge in [-0.2, -0.15) is 0 Å². The van der Waals surface area contributed by atoms with Crippen LogP contribution in [0.15, 0.2) is 18.2 Å². The van der Waals surface area contributed by atoms with E-state index in [-0.39, 0.29) is 11.9 Å². The van der Waals surface area contributed by atoms with Gasteiger partial charge in [0.15, 0.2) is 0 Å². The number of hydrogen-bond acceptors (Lipinski definition) is 2. The second kappa shape index (κ2) is 6.84. The van der Waals surface area contributed by atoms with Crippen LogP contribution in [0.1, 0.15) is 19.4 Å². The summed E-state index contributed by atoms with van der Waals surface area (Å²) < 4.78 is 18.7. The molecule has 0 bridgehead atoms. The van der Waals surface area contributed by atoms with Crippen LogP contribution in [-0.2, 0) is 11.3 Å². The first-order valence-corrected chi connectivity index (χ1v) is 5.76. The number of hydrogen-bond donors (Lipinski definition) is 1. The Balaban J connectivity index is 2.42.